The van der Waals surface area contributed by atoms with Crippen LogP contribution in [-0.4, -0.2) is 39.5 Å². The number of amides is 2. The Balaban J connectivity index is 1.41. The van der Waals surface area contributed by atoms with Crippen LogP contribution in [0.4, 0.5) is 5.69 Å². The molecule has 38 heavy (non-hydrogen) atoms. The number of nitrogens with zero attached hydrogens (tertiary/aromatic N) is 3. The Morgan fingerprint density at radius 2 is 1.47 bits per heavy atom. The lowest BCUT2D eigenvalue weighted by molar-refractivity contribution is 0.0474. The number of ketones is 1. The number of aromatic nitrogens is 2. The number of benzene rings is 3. The Morgan fingerprint density at radius 3 is 2.16 bits per heavy atom. The zero-order valence-corrected chi connectivity index (χ0v) is 21.1. The lowest BCUT2D eigenvalue weighted by Crippen LogP contribution is -2.34. The topological polar surface area (TPSA) is 108 Å². The fourth-order valence-electron chi connectivity index (χ4n) is 4.32. The van der Waals surface area contributed by atoms with Crippen molar-refractivity contribution in [2.24, 2.45) is 7.05 Å². The normalized spacial score (nSPS) is 12.6. The van der Waals surface area contributed by atoms with Gasteiger partial charge in [0.15, 0.2) is 12.4 Å². The minimum Gasteiger partial charge on any atom is -0.454 e. The summed E-state index contributed by atoms with van der Waals surface area (Å²) in [5, 5.41) is 0.467. The zero-order valence-electron chi connectivity index (χ0n) is 20.3. The predicted octanol–water partition coefficient (Wildman–Crippen LogP) is 3.98. The number of hydrogen-bond donors (Lipinski definition) is 0. The highest BCUT2D eigenvalue weighted by atomic mass is 35.5. The summed E-state index contributed by atoms with van der Waals surface area (Å²) in [6.45, 7) is 1.12. The van der Waals surface area contributed by atoms with Crippen LogP contribution in [0.1, 0.15) is 47.1 Å². The average Bonchev–Trinajstić information content (AvgIpc) is 3.29. The Hall–Kier alpha value is -4.76. The second-order valence-corrected chi connectivity index (χ2v) is 9.06. The van der Waals surface area contributed by atoms with Crippen molar-refractivity contribution in [3.63, 3.8) is 0 Å². The molecular formula is C28H20ClN3O6. The van der Waals surface area contributed by atoms with Gasteiger partial charge in [-0.25, -0.2) is 14.4 Å². The van der Waals surface area contributed by atoms with E-state index in [4.69, 9.17) is 16.3 Å². The van der Waals surface area contributed by atoms with Gasteiger partial charge < -0.3 is 4.74 Å². The number of fused-ring (bicyclic) bond motifs is 1. The van der Waals surface area contributed by atoms with Gasteiger partial charge in [0, 0.05) is 17.6 Å². The number of Topliss-reactive ketones (excluding diaryl/α,β-unsaturated/α-hetero) is 1. The number of carbonyl (C=O) groups excluding carboxylic acids is 4. The zero-order chi connectivity index (χ0) is 27.1. The molecule has 0 spiro atoms. The van der Waals surface area contributed by atoms with Crippen LogP contribution >= 0.6 is 11.6 Å². The second-order valence-electron chi connectivity index (χ2n) is 8.62. The fraction of sp³-hybridized carbons (Fsp3) is 0.107. The monoisotopic (exact) mass is 529 g/mol. The standard InChI is InChI=1S/C28H20ClN3O6/c1-16-24(27(36)32(30(16)2)20-6-4-3-5-7-20)31-25(34)21-13-10-18(14-22(21)26(31)35)28(37)38-15-23(33)17-8-11-19(29)12-9-17/h3-14H,15H2,1-2H3. The van der Waals surface area contributed by atoms with Crippen LogP contribution in [0.25, 0.3) is 5.69 Å². The van der Waals surface area contributed by atoms with Crippen molar-refractivity contribution in [3.05, 3.63) is 116 Å². The molecule has 0 saturated heterocycles. The first-order chi connectivity index (χ1) is 18.2. The molecule has 1 aliphatic rings. The number of ether oxygens (including phenoxy) is 1. The summed E-state index contributed by atoms with van der Waals surface area (Å²) < 4.78 is 8.06. The van der Waals surface area contributed by atoms with Crippen LogP contribution < -0.4 is 10.5 Å². The molecule has 0 atom stereocenters. The number of halogens is 1. The molecule has 3 aromatic carbocycles. The van der Waals surface area contributed by atoms with E-state index in [-0.39, 0.29) is 22.4 Å². The molecule has 1 aromatic heterocycles. The maximum absolute atomic E-state index is 13.4. The van der Waals surface area contributed by atoms with E-state index in [1.807, 2.05) is 6.07 Å². The molecule has 10 heteroatoms. The second kappa shape index (κ2) is 9.60. The first-order valence-corrected chi connectivity index (χ1v) is 11.9. The Morgan fingerprint density at radius 1 is 0.842 bits per heavy atom. The van der Waals surface area contributed by atoms with Crippen molar-refractivity contribution < 1.29 is 23.9 Å². The van der Waals surface area contributed by atoms with Gasteiger partial charge in [0.1, 0.15) is 5.69 Å². The Kier molecular flexibility index (Phi) is 6.30. The van der Waals surface area contributed by atoms with Crippen LogP contribution in [0.5, 0.6) is 0 Å². The molecule has 0 aliphatic carbocycles. The quantitative estimate of drug-likeness (QED) is 0.212. The molecule has 0 N–H and O–H groups in total. The first kappa shape index (κ1) is 24.9. The molecule has 0 radical (unpaired) electrons. The highest BCUT2D eigenvalue weighted by Gasteiger charge is 2.41. The number of rotatable bonds is 6. The van der Waals surface area contributed by atoms with E-state index in [0.717, 1.165) is 4.90 Å². The van der Waals surface area contributed by atoms with E-state index < -0.39 is 35.7 Å². The van der Waals surface area contributed by atoms with E-state index in [9.17, 15) is 24.0 Å². The fourth-order valence-corrected chi connectivity index (χ4v) is 4.44. The lowest BCUT2D eigenvalue weighted by atomic mass is 10.1. The maximum Gasteiger partial charge on any atom is 0.338 e. The number of para-hydroxylation sites is 1. The Bertz CT molecular complexity index is 1690. The number of anilines is 1. The average molecular weight is 530 g/mol. The summed E-state index contributed by atoms with van der Waals surface area (Å²) in [7, 11) is 1.66. The predicted molar refractivity (Wildman–Crippen MR) is 139 cm³/mol. The molecule has 2 amide bonds. The van der Waals surface area contributed by atoms with Crippen LogP contribution in [0.2, 0.25) is 5.02 Å². The molecule has 4 aromatic rings. The number of imide groups is 1. The summed E-state index contributed by atoms with van der Waals surface area (Å²) in [6, 6.07) is 18.9. The van der Waals surface area contributed by atoms with Crippen LogP contribution in [0, 0.1) is 6.92 Å². The number of hydrogen-bond acceptors (Lipinski definition) is 6. The molecule has 0 saturated carbocycles. The van der Waals surface area contributed by atoms with Crippen molar-refractivity contribution in [2.45, 2.75) is 6.92 Å². The van der Waals surface area contributed by atoms with Gasteiger partial charge in [-0.05, 0) is 61.5 Å². The lowest BCUT2D eigenvalue weighted by Gasteiger charge is -2.11. The number of carbonyl (C=O) groups is 4. The van der Waals surface area contributed by atoms with Crippen molar-refractivity contribution in [2.75, 3.05) is 11.5 Å². The van der Waals surface area contributed by atoms with E-state index in [0.29, 0.717) is 22.0 Å². The molecule has 5 rings (SSSR count). The smallest absolute Gasteiger partial charge is 0.338 e. The van der Waals surface area contributed by atoms with Gasteiger partial charge in [0.25, 0.3) is 17.4 Å². The molecule has 0 bridgehead atoms. The minimum absolute atomic E-state index is 0.0119. The van der Waals surface area contributed by atoms with Crippen molar-refractivity contribution in [1.29, 1.82) is 0 Å². The van der Waals surface area contributed by atoms with Gasteiger partial charge in [0.05, 0.1) is 28.1 Å². The van der Waals surface area contributed by atoms with E-state index >= 15 is 0 Å². The molecule has 0 unspecified atom stereocenters. The van der Waals surface area contributed by atoms with E-state index in [1.165, 1.54) is 35.0 Å². The van der Waals surface area contributed by atoms with Gasteiger partial charge in [-0.3, -0.25) is 23.9 Å². The maximum atomic E-state index is 13.4. The van der Waals surface area contributed by atoms with Crippen molar-refractivity contribution >= 4 is 40.9 Å². The molecule has 9 nitrogen and oxygen atoms in total. The van der Waals surface area contributed by atoms with Gasteiger partial charge in [0.2, 0.25) is 0 Å². The largest absolute Gasteiger partial charge is 0.454 e. The summed E-state index contributed by atoms with van der Waals surface area (Å²) in [4.78, 5) is 65.7. The molecule has 190 valence electrons. The minimum atomic E-state index is -0.837. The highest BCUT2D eigenvalue weighted by Crippen LogP contribution is 2.30. The third-order valence-corrected chi connectivity index (χ3v) is 6.62. The summed E-state index contributed by atoms with van der Waals surface area (Å²) in [5.41, 5.74) is 0.707. The van der Waals surface area contributed by atoms with Crippen LogP contribution in [-0.2, 0) is 11.8 Å². The first-order valence-electron chi connectivity index (χ1n) is 11.5. The van der Waals surface area contributed by atoms with Gasteiger partial charge in [-0.2, -0.15) is 0 Å². The molecule has 2 heterocycles. The summed E-state index contributed by atoms with van der Waals surface area (Å²) in [6.07, 6.45) is 0. The third kappa shape index (κ3) is 4.12. The summed E-state index contributed by atoms with van der Waals surface area (Å²) >= 11 is 5.82. The number of esters is 1. The highest BCUT2D eigenvalue weighted by molar-refractivity contribution is 6.35. The van der Waals surface area contributed by atoms with Crippen molar-refractivity contribution in [1.82, 2.24) is 9.36 Å². The van der Waals surface area contributed by atoms with Crippen molar-refractivity contribution in [3.8, 4) is 5.69 Å². The molecule has 1 aliphatic heterocycles. The van der Waals surface area contributed by atoms with E-state index in [2.05, 4.69) is 0 Å². The molecule has 0 fully saturated rings. The van der Waals surface area contributed by atoms with Crippen LogP contribution in [0.3, 0.4) is 0 Å². The van der Waals surface area contributed by atoms with Gasteiger partial charge in [-0.1, -0.05) is 29.8 Å². The van der Waals surface area contributed by atoms with Gasteiger partial charge >= 0.3 is 5.97 Å². The molecular weight excluding hydrogens is 510 g/mol. The van der Waals surface area contributed by atoms with E-state index in [1.54, 1.807) is 55.1 Å². The van der Waals surface area contributed by atoms with Crippen LogP contribution in [0.15, 0.2) is 77.6 Å². The van der Waals surface area contributed by atoms with Gasteiger partial charge in [-0.15, -0.1) is 0 Å². The summed E-state index contributed by atoms with van der Waals surface area (Å²) in [5.74, 6) is -2.67. The third-order valence-electron chi connectivity index (χ3n) is 6.37. The Labute approximate surface area is 221 Å². The SMILES string of the molecule is Cc1c(N2C(=O)c3ccc(C(=O)OCC(=O)c4ccc(Cl)cc4)cc3C2=O)c(=O)n(-c2ccccc2)n1C.